The molecule has 0 spiro atoms. The van der Waals surface area contributed by atoms with Crippen molar-refractivity contribution in [3.8, 4) is 0 Å². The number of nitrogens with zero attached hydrogens (tertiary/aromatic N) is 1. The van der Waals surface area contributed by atoms with Crippen molar-refractivity contribution in [2.45, 2.75) is 46.0 Å². The van der Waals surface area contributed by atoms with E-state index in [-0.39, 0.29) is 18.2 Å². The highest BCUT2D eigenvalue weighted by Gasteiger charge is 2.44. The van der Waals surface area contributed by atoms with Crippen molar-refractivity contribution in [2.24, 2.45) is 16.4 Å². The molecule has 1 atom stereocenters. The second kappa shape index (κ2) is 5.77. The van der Waals surface area contributed by atoms with Crippen LogP contribution in [-0.4, -0.2) is 17.5 Å². The minimum Gasteiger partial charge on any atom is -0.294 e. The topological polar surface area (TPSA) is 96.6 Å². The van der Waals surface area contributed by atoms with Gasteiger partial charge in [-0.3, -0.25) is 15.0 Å². The summed E-state index contributed by atoms with van der Waals surface area (Å²) in [7, 11) is 0. The highest BCUT2D eigenvalue weighted by atomic mass is 16.2. The maximum Gasteiger partial charge on any atom is 0.252 e. The van der Waals surface area contributed by atoms with E-state index >= 15 is 0 Å². The lowest BCUT2D eigenvalue weighted by atomic mass is 9.75. The van der Waals surface area contributed by atoms with Crippen molar-refractivity contribution in [1.29, 1.82) is 0 Å². The highest BCUT2D eigenvalue weighted by Crippen LogP contribution is 2.35. The van der Waals surface area contributed by atoms with Gasteiger partial charge in [0, 0.05) is 6.42 Å². The van der Waals surface area contributed by atoms with Crippen LogP contribution in [0.25, 0.3) is 0 Å². The number of hydrogen-bond acceptors (Lipinski definition) is 4. The molecule has 1 rings (SSSR count). The van der Waals surface area contributed by atoms with Crippen LogP contribution in [0.3, 0.4) is 0 Å². The van der Waals surface area contributed by atoms with Crippen LogP contribution in [0.2, 0.25) is 0 Å². The van der Waals surface area contributed by atoms with Gasteiger partial charge >= 0.3 is 0 Å². The van der Waals surface area contributed by atoms with Gasteiger partial charge in [0.1, 0.15) is 0 Å². The average Bonchev–Trinajstić information content (AvgIpc) is 2.61. The van der Waals surface area contributed by atoms with Gasteiger partial charge in [-0.15, -0.1) is 0 Å². The van der Waals surface area contributed by atoms with Gasteiger partial charge in [-0.25, -0.2) is 11.3 Å². The minimum absolute atomic E-state index is 0.103. The number of rotatable bonds is 6. The maximum absolute atomic E-state index is 11.9. The molecular weight excluding hydrogens is 220 g/mol. The third-order valence-electron chi connectivity index (χ3n) is 3.35. The van der Waals surface area contributed by atoms with Crippen LogP contribution in [-0.2, 0) is 9.59 Å². The molecule has 1 aliphatic rings. The largest absolute Gasteiger partial charge is 0.294 e. The minimum atomic E-state index is -0.622. The van der Waals surface area contributed by atoms with Crippen molar-refractivity contribution in [3.05, 3.63) is 0 Å². The molecule has 0 aromatic rings. The third-order valence-corrected chi connectivity index (χ3v) is 3.35. The van der Waals surface area contributed by atoms with Crippen LogP contribution in [0.15, 0.2) is 5.10 Å². The molecule has 17 heavy (non-hydrogen) atoms. The first-order valence-electron chi connectivity index (χ1n) is 5.91. The second-order valence-electron chi connectivity index (χ2n) is 4.39. The van der Waals surface area contributed by atoms with Crippen molar-refractivity contribution in [3.63, 3.8) is 0 Å². The smallest absolute Gasteiger partial charge is 0.252 e. The molecule has 0 bridgehead atoms. The molecule has 6 heteroatoms. The molecule has 0 saturated carbocycles. The molecule has 1 unspecified atom stereocenters. The lowest BCUT2D eigenvalue weighted by Gasteiger charge is -2.26. The molecule has 4 N–H and O–H groups in total. The molecule has 6 nitrogen and oxygen atoms in total. The molecular formula is C11H20N4O2. The van der Waals surface area contributed by atoms with Gasteiger partial charge in [0.2, 0.25) is 5.91 Å². The van der Waals surface area contributed by atoms with E-state index in [4.69, 9.17) is 5.84 Å². The standard InChI is InChI=1S/C11H20N4O2/c1-3-4-6-11(7-5-9(16)13-12)8(2)14-15-10(11)17/h3-7,12H2,1-2H3,(H,13,16)(H,15,17). The van der Waals surface area contributed by atoms with E-state index in [0.29, 0.717) is 6.42 Å². The number of carbonyl (C=O) groups is 2. The van der Waals surface area contributed by atoms with E-state index in [9.17, 15) is 9.59 Å². The van der Waals surface area contributed by atoms with E-state index < -0.39 is 5.41 Å². The van der Waals surface area contributed by atoms with Gasteiger partial charge in [-0.05, 0) is 19.8 Å². The fourth-order valence-corrected chi connectivity index (χ4v) is 2.10. The van der Waals surface area contributed by atoms with Gasteiger partial charge in [0.15, 0.2) is 0 Å². The number of hydrogen-bond donors (Lipinski definition) is 3. The predicted molar refractivity (Wildman–Crippen MR) is 64.8 cm³/mol. The van der Waals surface area contributed by atoms with Gasteiger partial charge in [-0.2, -0.15) is 5.10 Å². The zero-order valence-corrected chi connectivity index (χ0v) is 10.4. The van der Waals surface area contributed by atoms with Crippen molar-refractivity contribution in [2.75, 3.05) is 0 Å². The van der Waals surface area contributed by atoms with Crippen LogP contribution in [0.4, 0.5) is 0 Å². The molecule has 1 aliphatic heterocycles. The summed E-state index contributed by atoms with van der Waals surface area (Å²) in [6.45, 7) is 3.90. The number of amides is 2. The van der Waals surface area contributed by atoms with E-state index in [0.717, 1.165) is 25.0 Å². The Morgan fingerprint density at radius 2 is 2.24 bits per heavy atom. The molecule has 1 heterocycles. The number of hydrazine groups is 1. The molecule has 0 aliphatic carbocycles. The zero-order valence-electron chi connectivity index (χ0n) is 10.4. The Morgan fingerprint density at radius 1 is 1.53 bits per heavy atom. The molecule has 0 radical (unpaired) electrons. The number of unbranched alkanes of at least 4 members (excludes halogenated alkanes) is 1. The van der Waals surface area contributed by atoms with Crippen LogP contribution in [0, 0.1) is 5.41 Å². The van der Waals surface area contributed by atoms with E-state index in [1.54, 1.807) is 0 Å². The molecule has 2 amide bonds. The summed E-state index contributed by atoms with van der Waals surface area (Å²) in [5.41, 5.74) is 4.72. The Bertz CT molecular complexity index is 340. The van der Waals surface area contributed by atoms with Gasteiger partial charge < -0.3 is 0 Å². The quantitative estimate of drug-likeness (QED) is 0.357. The van der Waals surface area contributed by atoms with Crippen LogP contribution in [0.5, 0.6) is 0 Å². The van der Waals surface area contributed by atoms with Crippen LogP contribution < -0.4 is 16.7 Å². The number of carbonyl (C=O) groups excluding carboxylic acids is 2. The number of hydrazone groups is 1. The molecule has 96 valence electrons. The lowest BCUT2D eigenvalue weighted by molar-refractivity contribution is -0.127. The molecule has 0 saturated heterocycles. The Balaban J connectivity index is 2.75. The summed E-state index contributed by atoms with van der Waals surface area (Å²) in [5, 5.41) is 3.98. The average molecular weight is 240 g/mol. The fourth-order valence-electron chi connectivity index (χ4n) is 2.10. The summed E-state index contributed by atoms with van der Waals surface area (Å²) in [6.07, 6.45) is 3.36. The summed E-state index contributed by atoms with van der Waals surface area (Å²) < 4.78 is 0. The summed E-state index contributed by atoms with van der Waals surface area (Å²) >= 11 is 0. The summed E-state index contributed by atoms with van der Waals surface area (Å²) in [6, 6.07) is 0. The van der Waals surface area contributed by atoms with Crippen LogP contribution >= 0.6 is 0 Å². The van der Waals surface area contributed by atoms with E-state index in [2.05, 4.69) is 22.9 Å². The fraction of sp³-hybridized carbons (Fsp3) is 0.727. The maximum atomic E-state index is 11.9. The third kappa shape index (κ3) is 2.82. The Hall–Kier alpha value is -1.43. The first-order chi connectivity index (χ1) is 8.06. The Morgan fingerprint density at radius 3 is 2.71 bits per heavy atom. The van der Waals surface area contributed by atoms with Crippen molar-refractivity contribution >= 4 is 17.5 Å². The Kier molecular flexibility index (Phi) is 4.62. The summed E-state index contributed by atoms with van der Waals surface area (Å²) in [5.74, 6) is 4.68. The second-order valence-corrected chi connectivity index (χ2v) is 4.39. The zero-order chi connectivity index (χ0) is 12.9. The highest BCUT2D eigenvalue weighted by molar-refractivity contribution is 6.11. The Labute approximate surface area is 101 Å². The van der Waals surface area contributed by atoms with Crippen LogP contribution in [0.1, 0.15) is 46.0 Å². The molecule has 0 aromatic carbocycles. The molecule has 0 aromatic heterocycles. The van der Waals surface area contributed by atoms with Gasteiger partial charge in [0.25, 0.3) is 5.91 Å². The number of nitrogens with two attached hydrogens (primary N) is 1. The van der Waals surface area contributed by atoms with E-state index in [1.165, 1.54) is 0 Å². The monoisotopic (exact) mass is 240 g/mol. The van der Waals surface area contributed by atoms with Crippen molar-refractivity contribution in [1.82, 2.24) is 10.9 Å². The SMILES string of the molecule is CCCCC1(CCC(=O)NN)C(=O)NN=C1C. The van der Waals surface area contributed by atoms with Gasteiger partial charge in [-0.1, -0.05) is 19.8 Å². The lowest BCUT2D eigenvalue weighted by Crippen LogP contribution is -2.39. The first kappa shape index (κ1) is 13.6. The predicted octanol–water partition coefficient (Wildman–Crippen LogP) is 0.439. The molecule has 0 fully saturated rings. The first-order valence-corrected chi connectivity index (χ1v) is 5.91. The normalized spacial score (nSPS) is 23.2. The van der Waals surface area contributed by atoms with Gasteiger partial charge in [0.05, 0.1) is 11.1 Å². The summed E-state index contributed by atoms with van der Waals surface area (Å²) in [4.78, 5) is 23.1. The van der Waals surface area contributed by atoms with E-state index in [1.807, 2.05) is 6.92 Å². The number of nitrogens with one attached hydrogen (secondary N) is 2. The van der Waals surface area contributed by atoms with Crippen molar-refractivity contribution < 1.29 is 9.59 Å².